The average Bonchev–Trinajstić information content (AvgIpc) is 2.90. The van der Waals surface area contributed by atoms with Crippen LogP contribution in [0.2, 0.25) is 0 Å². The SMILES string of the molecule is COc1cnc2nc(-c3cnc4c(c3)CCC(NCc3ccc5c(n3)OC(=O)CN5)C4)c(=O)[nH]c2c1. The summed E-state index contributed by atoms with van der Waals surface area (Å²) >= 11 is 0. The van der Waals surface area contributed by atoms with E-state index < -0.39 is 0 Å². The summed E-state index contributed by atoms with van der Waals surface area (Å²) in [6.07, 6.45) is 5.77. The van der Waals surface area contributed by atoms with E-state index in [9.17, 15) is 9.59 Å². The van der Waals surface area contributed by atoms with Crippen molar-refractivity contribution < 1.29 is 14.3 Å². The molecule has 6 rings (SSSR count). The molecule has 0 spiro atoms. The highest BCUT2D eigenvalue weighted by Crippen LogP contribution is 2.27. The molecule has 1 aliphatic carbocycles. The van der Waals surface area contributed by atoms with Gasteiger partial charge in [0.25, 0.3) is 5.56 Å². The highest BCUT2D eigenvalue weighted by molar-refractivity contribution is 5.82. The first kappa shape index (κ1) is 22.1. The number of anilines is 1. The number of H-pyrrole nitrogens is 1. The molecule has 1 atom stereocenters. The normalized spacial score (nSPS) is 16.6. The van der Waals surface area contributed by atoms with Gasteiger partial charge < -0.3 is 25.1 Å². The van der Waals surface area contributed by atoms with Gasteiger partial charge in [-0.1, -0.05) is 0 Å². The Labute approximate surface area is 205 Å². The van der Waals surface area contributed by atoms with Crippen LogP contribution in [-0.4, -0.2) is 50.6 Å². The Balaban J connectivity index is 1.16. The van der Waals surface area contributed by atoms with Gasteiger partial charge in [-0.2, -0.15) is 0 Å². The fourth-order valence-electron chi connectivity index (χ4n) is 4.52. The Morgan fingerprint density at radius 2 is 2.08 bits per heavy atom. The van der Waals surface area contributed by atoms with E-state index in [0.717, 1.165) is 41.9 Å². The molecule has 11 heteroatoms. The zero-order valence-corrected chi connectivity index (χ0v) is 19.5. The lowest BCUT2D eigenvalue weighted by Gasteiger charge is -2.25. The van der Waals surface area contributed by atoms with Crippen molar-refractivity contribution in [3.63, 3.8) is 0 Å². The third-order valence-electron chi connectivity index (χ3n) is 6.42. The topological polar surface area (TPSA) is 144 Å². The molecule has 1 unspecified atom stereocenters. The van der Waals surface area contributed by atoms with Crippen molar-refractivity contribution in [3.8, 4) is 22.9 Å². The van der Waals surface area contributed by atoms with Crippen LogP contribution in [0, 0.1) is 0 Å². The maximum atomic E-state index is 12.7. The number of pyridine rings is 3. The van der Waals surface area contributed by atoms with Gasteiger partial charge in [-0.15, -0.1) is 0 Å². The number of aromatic amines is 1. The molecule has 0 amide bonds. The molecule has 3 N–H and O–H groups in total. The van der Waals surface area contributed by atoms with Crippen molar-refractivity contribution in [2.24, 2.45) is 0 Å². The van der Waals surface area contributed by atoms with Gasteiger partial charge in [-0.05, 0) is 36.6 Å². The van der Waals surface area contributed by atoms with Crippen molar-refractivity contribution >= 4 is 22.8 Å². The molecule has 36 heavy (non-hydrogen) atoms. The molecular formula is C25H23N7O4. The molecule has 0 saturated carbocycles. The molecule has 4 aromatic heterocycles. The summed E-state index contributed by atoms with van der Waals surface area (Å²) in [5.74, 6) is 0.529. The summed E-state index contributed by atoms with van der Waals surface area (Å²) in [7, 11) is 1.54. The zero-order valence-electron chi connectivity index (χ0n) is 19.5. The fourth-order valence-corrected chi connectivity index (χ4v) is 4.52. The maximum Gasteiger partial charge on any atom is 0.332 e. The summed E-state index contributed by atoms with van der Waals surface area (Å²) in [4.78, 5) is 44.9. The van der Waals surface area contributed by atoms with Crippen LogP contribution in [0.5, 0.6) is 11.6 Å². The Morgan fingerprint density at radius 1 is 1.17 bits per heavy atom. The summed E-state index contributed by atoms with van der Waals surface area (Å²) in [6, 6.07) is 7.72. The number of nitrogens with one attached hydrogen (secondary N) is 3. The average molecular weight is 486 g/mol. The van der Waals surface area contributed by atoms with Gasteiger partial charge in [0.2, 0.25) is 5.88 Å². The third-order valence-corrected chi connectivity index (χ3v) is 6.42. The summed E-state index contributed by atoms with van der Waals surface area (Å²) in [5, 5.41) is 6.52. The Morgan fingerprint density at radius 3 is 2.97 bits per heavy atom. The quantitative estimate of drug-likeness (QED) is 0.358. The molecule has 2 aliphatic rings. The Bertz CT molecular complexity index is 1550. The molecule has 11 nitrogen and oxygen atoms in total. The predicted molar refractivity (Wildman–Crippen MR) is 131 cm³/mol. The van der Waals surface area contributed by atoms with Crippen molar-refractivity contribution in [2.45, 2.75) is 31.8 Å². The smallest absolute Gasteiger partial charge is 0.332 e. The number of ether oxygens (including phenoxy) is 2. The number of methoxy groups -OCH3 is 1. The first-order valence-corrected chi connectivity index (χ1v) is 11.7. The Hall–Kier alpha value is -4.38. The molecular weight excluding hydrogens is 462 g/mol. The van der Waals surface area contributed by atoms with E-state index in [2.05, 4.69) is 35.6 Å². The molecule has 1 aliphatic heterocycles. The molecule has 0 bridgehead atoms. The molecule has 0 saturated heterocycles. The molecule has 0 fully saturated rings. The highest BCUT2D eigenvalue weighted by atomic mass is 16.5. The van der Waals surface area contributed by atoms with Crippen LogP contribution in [0.15, 0.2) is 41.5 Å². The van der Waals surface area contributed by atoms with Crippen molar-refractivity contribution in [2.75, 3.05) is 19.0 Å². The van der Waals surface area contributed by atoms with Crippen LogP contribution in [-0.2, 0) is 24.2 Å². The first-order valence-electron chi connectivity index (χ1n) is 11.7. The number of aryl methyl sites for hydroxylation is 1. The predicted octanol–water partition coefficient (Wildman–Crippen LogP) is 1.76. The number of carbonyl (C=O) groups is 1. The van der Waals surface area contributed by atoms with Gasteiger partial charge in [0, 0.05) is 42.5 Å². The van der Waals surface area contributed by atoms with E-state index in [4.69, 9.17) is 9.47 Å². The second-order valence-corrected chi connectivity index (χ2v) is 8.79. The number of hydrogen-bond donors (Lipinski definition) is 3. The van der Waals surface area contributed by atoms with Gasteiger partial charge in [0.15, 0.2) is 5.65 Å². The summed E-state index contributed by atoms with van der Waals surface area (Å²) in [6.45, 7) is 0.705. The van der Waals surface area contributed by atoms with E-state index in [0.29, 0.717) is 40.6 Å². The third kappa shape index (κ3) is 4.24. The van der Waals surface area contributed by atoms with Gasteiger partial charge in [-0.25, -0.2) is 19.7 Å². The lowest BCUT2D eigenvalue weighted by molar-refractivity contribution is -0.133. The standard InChI is InChI=1S/C25H23N7O4/c1-35-17-8-20-23(29-11-17)32-22(24(34)31-20)14-6-13-2-3-15(7-19(13)27-9-14)26-10-16-4-5-18-25(30-16)36-21(33)12-28-18/h4-6,8-9,11,15,26,28H,2-3,7,10,12H2,1H3,(H,31,34). The molecule has 5 heterocycles. The van der Waals surface area contributed by atoms with Crippen LogP contribution >= 0.6 is 0 Å². The molecule has 4 aromatic rings. The fraction of sp³-hybridized carbons (Fsp3) is 0.280. The summed E-state index contributed by atoms with van der Waals surface area (Å²) < 4.78 is 10.4. The van der Waals surface area contributed by atoms with Crippen molar-refractivity contribution in [3.05, 3.63) is 64.0 Å². The largest absolute Gasteiger partial charge is 0.495 e. The minimum Gasteiger partial charge on any atom is -0.495 e. The van der Waals surface area contributed by atoms with E-state index in [1.165, 1.54) is 0 Å². The second-order valence-electron chi connectivity index (χ2n) is 8.79. The number of hydrogen-bond acceptors (Lipinski definition) is 10. The van der Waals surface area contributed by atoms with E-state index in [1.807, 2.05) is 18.2 Å². The van der Waals surface area contributed by atoms with Gasteiger partial charge >= 0.3 is 5.97 Å². The van der Waals surface area contributed by atoms with Crippen molar-refractivity contribution in [1.82, 2.24) is 30.2 Å². The monoisotopic (exact) mass is 485 g/mol. The lowest BCUT2D eigenvalue weighted by atomic mass is 9.91. The number of nitrogens with zero attached hydrogens (tertiary/aromatic N) is 4. The van der Waals surface area contributed by atoms with E-state index >= 15 is 0 Å². The minimum atomic E-state index is -0.341. The first-order chi connectivity index (χ1) is 17.6. The van der Waals surface area contributed by atoms with Crippen LogP contribution in [0.25, 0.3) is 22.4 Å². The van der Waals surface area contributed by atoms with Crippen molar-refractivity contribution in [1.29, 1.82) is 0 Å². The maximum absolute atomic E-state index is 12.7. The van der Waals surface area contributed by atoms with Crippen LogP contribution in [0.3, 0.4) is 0 Å². The summed E-state index contributed by atoms with van der Waals surface area (Å²) in [5.41, 5.74) is 5.25. The number of esters is 1. The van der Waals surface area contributed by atoms with Gasteiger partial charge in [0.05, 0.1) is 30.2 Å². The number of aromatic nitrogens is 5. The molecule has 182 valence electrons. The van der Waals surface area contributed by atoms with E-state index in [1.54, 1.807) is 25.6 Å². The number of fused-ring (bicyclic) bond motifs is 3. The zero-order chi connectivity index (χ0) is 24.6. The lowest BCUT2D eigenvalue weighted by Crippen LogP contribution is -2.35. The van der Waals surface area contributed by atoms with Gasteiger partial charge in [0.1, 0.15) is 18.0 Å². The highest BCUT2D eigenvalue weighted by Gasteiger charge is 2.22. The number of rotatable bonds is 5. The Kier molecular flexibility index (Phi) is 5.53. The minimum absolute atomic E-state index is 0.153. The number of carbonyl (C=O) groups excluding carboxylic acids is 1. The van der Waals surface area contributed by atoms with Crippen LogP contribution < -0.4 is 25.7 Å². The molecule has 0 aromatic carbocycles. The second kappa shape index (κ2) is 9.00. The van der Waals surface area contributed by atoms with Gasteiger partial charge in [-0.3, -0.25) is 9.78 Å². The molecule has 0 radical (unpaired) electrons. The van der Waals surface area contributed by atoms with Crippen LogP contribution in [0.1, 0.15) is 23.4 Å². The van der Waals surface area contributed by atoms with Crippen LogP contribution in [0.4, 0.5) is 5.69 Å². The van der Waals surface area contributed by atoms with E-state index in [-0.39, 0.29) is 24.1 Å².